The van der Waals surface area contributed by atoms with Gasteiger partial charge in [0.05, 0.1) is 17.8 Å². The Morgan fingerprint density at radius 1 is 1.33 bits per heavy atom. The standard InChI is InChI=1S/C17H18Cl2N2O2S/c1-2-13-6-7-14(24-13)11-20-21-17(22)4-3-9-23-16-8-5-12(18)10-15(16)19/h5-8,10-11H,2-4,9H2,1H3,(H,21,22)/b20-11+. The van der Waals surface area contributed by atoms with Gasteiger partial charge in [0.25, 0.3) is 0 Å². The lowest BCUT2D eigenvalue weighted by molar-refractivity contribution is -0.121. The van der Waals surface area contributed by atoms with Crippen molar-refractivity contribution in [3.63, 3.8) is 0 Å². The Kier molecular flexibility index (Phi) is 7.56. The molecule has 1 aromatic heterocycles. The molecule has 0 unspecified atom stereocenters. The Balaban J connectivity index is 1.66. The molecule has 0 aliphatic heterocycles. The first-order valence-electron chi connectivity index (χ1n) is 7.57. The summed E-state index contributed by atoms with van der Waals surface area (Å²) < 4.78 is 5.52. The first kappa shape index (κ1) is 18.8. The van der Waals surface area contributed by atoms with E-state index < -0.39 is 0 Å². The monoisotopic (exact) mass is 384 g/mol. The highest BCUT2D eigenvalue weighted by atomic mass is 35.5. The molecule has 1 amide bonds. The second-order valence-corrected chi connectivity index (χ2v) is 7.02. The van der Waals surface area contributed by atoms with Crippen molar-refractivity contribution >= 4 is 46.7 Å². The van der Waals surface area contributed by atoms with Crippen LogP contribution < -0.4 is 10.2 Å². The van der Waals surface area contributed by atoms with Crippen molar-refractivity contribution in [1.82, 2.24) is 5.43 Å². The summed E-state index contributed by atoms with van der Waals surface area (Å²) >= 11 is 13.5. The zero-order valence-electron chi connectivity index (χ0n) is 13.2. The molecule has 0 saturated carbocycles. The van der Waals surface area contributed by atoms with Crippen molar-refractivity contribution in [2.45, 2.75) is 26.2 Å². The maximum Gasteiger partial charge on any atom is 0.240 e. The van der Waals surface area contributed by atoms with Gasteiger partial charge in [-0.2, -0.15) is 5.10 Å². The van der Waals surface area contributed by atoms with E-state index in [2.05, 4.69) is 23.5 Å². The molecule has 0 saturated heterocycles. The number of carbonyl (C=O) groups excluding carboxylic acids is 1. The number of nitrogens with one attached hydrogen (secondary N) is 1. The fourth-order valence-corrected chi connectivity index (χ4v) is 3.17. The average Bonchev–Trinajstić information content (AvgIpc) is 3.01. The highest BCUT2D eigenvalue weighted by molar-refractivity contribution is 7.13. The maximum atomic E-state index is 11.7. The third-order valence-corrected chi connectivity index (χ3v) is 4.81. The van der Waals surface area contributed by atoms with Crippen LogP contribution >= 0.6 is 34.5 Å². The molecular weight excluding hydrogens is 367 g/mol. The van der Waals surface area contributed by atoms with Gasteiger partial charge in [0.1, 0.15) is 5.75 Å². The lowest BCUT2D eigenvalue weighted by Crippen LogP contribution is -2.17. The highest BCUT2D eigenvalue weighted by Gasteiger charge is 2.04. The number of halogens is 2. The largest absolute Gasteiger partial charge is 0.492 e. The van der Waals surface area contributed by atoms with Gasteiger partial charge in [-0.3, -0.25) is 4.79 Å². The molecule has 4 nitrogen and oxygen atoms in total. The van der Waals surface area contributed by atoms with Gasteiger partial charge in [-0.1, -0.05) is 30.1 Å². The van der Waals surface area contributed by atoms with Gasteiger partial charge in [0.15, 0.2) is 0 Å². The Morgan fingerprint density at radius 3 is 2.88 bits per heavy atom. The van der Waals surface area contributed by atoms with E-state index in [1.807, 2.05) is 6.07 Å². The predicted octanol–water partition coefficient (Wildman–Crippen LogP) is 4.93. The maximum absolute atomic E-state index is 11.7. The number of thiophene rings is 1. The van der Waals surface area contributed by atoms with Crippen molar-refractivity contribution < 1.29 is 9.53 Å². The number of ether oxygens (including phenoxy) is 1. The van der Waals surface area contributed by atoms with Crippen LogP contribution in [0.5, 0.6) is 5.75 Å². The minimum atomic E-state index is -0.149. The molecule has 2 aromatic rings. The predicted molar refractivity (Wildman–Crippen MR) is 101 cm³/mol. The molecule has 24 heavy (non-hydrogen) atoms. The molecule has 0 bridgehead atoms. The first-order chi connectivity index (χ1) is 11.6. The lowest BCUT2D eigenvalue weighted by Gasteiger charge is -2.07. The van der Waals surface area contributed by atoms with Gasteiger partial charge in [0.2, 0.25) is 5.91 Å². The van der Waals surface area contributed by atoms with Crippen LogP contribution in [0.3, 0.4) is 0 Å². The summed E-state index contributed by atoms with van der Waals surface area (Å²) in [6.45, 7) is 2.50. The van der Waals surface area contributed by atoms with Crippen LogP contribution in [-0.2, 0) is 11.2 Å². The molecule has 2 rings (SSSR count). The Hall–Kier alpha value is -1.56. The van der Waals surface area contributed by atoms with Crippen LogP contribution in [0.1, 0.15) is 29.5 Å². The molecule has 1 N–H and O–H groups in total. The topological polar surface area (TPSA) is 50.7 Å². The fraction of sp³-hybridized carbons (Fsp3) is 0.294. The minimum absolute atomic E-state index is 0.149. The van der Waals surface area contributed by atoms with E-state index in [1.165, 1.54) is 4.88 Å². The highest BCUT2D eigenvalue weighted by Crippen LogP contribution is 2.27. The normalized spacial score (nSPS) is 11.0. The number of hydrogen-bond acceptors (Lipinski definition) is 4. The molecule has 0 spiro atoms. The van der Waals surface area contributed by atoms with E-state index in [4.69, 9.17) is 27.9 Å². The number of hydrazone groups is 1. The minimum Gasteiger partial charge on any atom is -0.492 e. The third-order valence-electron chi connectivity index (χ3n) is 3.11. The number of aryl methyl sites for hydroxylation is 1. The quantitative estimate of drug-likeness (QED) is 0.398. The summed E-state index contributed by atoms with van der Waals surface area (Å²) in [5.74, 6) is 0.410. The van der Waals surface area contributed by atoms with E-state index in [1.54, 1.807) is 35.8 Å². The van der Waals surface area contributed by atoms with Crippen molar-refractivity contribution in [3.8, 4) is 5.75 Å². The van der Waals surface area contributed by atoms with Crippen LogP contribution in [0, 0.1) is 0 Å². The van der Waals surface area contributed by atoms with E-state index in [9.17, 15) is 4.79 Å². The zero-order valence-corrected chi connectivity index (χ0v) is 15.5. The van der Waals surface area contributed by atoms with Gasteiger partial charge >= 0.3 is 0 Å². The van der Waals surface area contributed by atoms with Crippen molar-refractivity contribution in [1.29, 1.82) is 0 Å². The van der Waals surface area contributed by atoms with Gasteiger partial charge < -0.3 is 4.74 Å². The molecule has 1 heterocycles. The number of benzene rings is 1. The molecule has 7 heteroatoms. The molecule has 1 aromatic carbocycles. The number of nitrogens with zero attached hydrogens (tertiary/aromatic N) is 1. The molecule has 0 fully saturated rings. The number of hydrogen-bond donors (Lipinski definition) is 1. The summed E-state index contributed by atoms with van der Waals surface area (Å²) in [7, 11) is 0. The number of amides is 1. The summed E-state index contributed by atoms with van der Waals surface area (Å²) in [5, 5.41) is 4.97. The Morgan fingerprint density at radius 2 is 2.17 bits per heavy atom. The van der Waals surface area contributed by atoms with E-state index >= 15 is 0 Å². The van der Waals surface area contributed by atoms with Gasteiger partial charge in [-0.15, -0.1) is 11.3 Å². The van der Waals surface area contributed by atoms with Crippen LogP contribution in [0.2, 0.25) is 10.0 Å². The Bertz CT molecular complexity index is 716. The molecule has 128 valence electrons. The Labute approximate surface area is 155 Å². The van der Waals surface area contributed by atoms with Crippen molar-refractivity contribution in [2.75, 3.05) is 6.61 Å². The second kappa shape index (κ2) is 9.67. The second-order valence-electron chi connectivity index (χ2n) is 4.98. The van der Waals surface area contributed by atoms with E-state index in [-0.39, 0.29) is 5.91 Å². The molecular formula is C17H18Cl2N2O2S. The summed E-state index contributed by atoms with van der Waals surface area (Å²) in [4.78, 5) is 14.0. The molecule has 0 radical (unpaired) electrons. The summed E-state index contributed by atoms with van der Waals surface area (Å²) in [5.41, 5.74) is 2.51. The first-order valence-corrected chi connectivity index (χ1v) is 9.14. The molecule has 0 aliphatic carbocycles. The average molecular weight is 385 g/mol. The fourth-order valence-electron chi connectivity index (χ4n) is 1.88. The zero-order chi connectivity index (χ0) is 17.4. The summed E-state index contributed by atoms with van der Waals surface area (Å²) in [6.07, 6.45) is 3.56. The lowest BCUT2D eigenvalue weighted by atomic mass is 10.3. The van der Waals surface area contributed by atoms with E-state index in [0.29, 0.717) is 35.2 Å². The van der Waals surface area contributed by atoms with Gasteiger partial charge in [-0.05, 0) is 43.2 Å². The van der Waals surface area contributed by atoms with Crippen LogP contribution in [0.15, 0.2) is 35.4 Å². The van der Waals surface area contributed by atoms with Gasteiger partial charge in [-0.25, -0.2) is 5.43 Å². The van der Waals surface area contributed by atoms with Crippen LogP contribution in [0.25, 0.3) is 0 Å². The SMILES string of the molecule is CCc1ccc(/C=N/NC(=O)CCCOc2ccc(Cl)cc2Cl)s1. The van der Waals surface area contributed by atoms with Crippen LogP contribution in [0.4, 0.5) is 0 Å². The van der Waals surface area contributed by atoms with Crippen molar-refractivity contribution in [2.24, 2.45) is 5.10 Å². The van der Waals surface area contributed by atoms with Crippen LogP contribution in [-0.4, -0.2) is 18.7 Å². The van der Waals surface area contributed by atoms with E-state index in [0.717, 1.165) is 11.3 Å². The van der Waals surface area contributed by atoms with Gasteiger partial charge in [0, 0.05) is 21.2 Å². The summed E-state index contributed by atoms with van der Waals surface area (Å²) in [6, 6.07) is 9.09. The molecule has 0 atom stereocenters. The number of carbonyl (C=O) groups is 1. The van der Waals surface area contributed by atoms with Crippen molar-refractivity contribution in [3.05, 3.63) is 50.1 Å². The third kappa shape index (κ3) is 6.15. The number of rotatable bonds is 8. The molecule has 0 aliphatic rings. The smallest absolute Gasteiger partial charge is 0.240 e.